The molecule has 2 aromatic rings. The first-order valence-corrected chi connectivity index (χ1v) is 5.81. The molecule has 0 aliphatic carbocycles. The minimum atomic E-state index is -0.258. The van der Waals surface area contributed by atoms with E-state index >= 15 is 0 Å². The highest BCUT2D eigenvalue weighted by Crippen LogP contribution is 1.99. The van der Waals surface area contributed by atoms with Crippen LogP contribution in [0.15, 0.2) is 66.0 Å². The van der Waals surface area contributed by atoms with E-state index in [0.29, 0.717) is 5.56 Å². The van der Waals surface area contributed by atoms with Crippen molar-refractivity contribution < 1.29 is 4.79 Å². The van der Waals surface area contributed by atoms with E-state index in [9.17, 15) is 4.79 Å². The Kier molecular flexibility index (Phi) is 4.58. The molecule has 1 aromatic carbocycles. The molecular formula is C15H13N3O. The molecule has 0 aliphatic heterocycles. The van der Waals surface area contributed by atoms with Gasteiger partial charge in [-0.2, -0.15) is 5.10 Å². The number of benzene rings is 1. The van der Waals surface area contributed by atoms with Crippen LogP contribution in [0.2, 0.25) is 0 Å². The second-order valence-corrected chi connectivity index (χ2v) is 3.72. The van der Waals surface area contributed by atoms with Crippen molar-refractivity contribution >= 4 is 18.2 Å². The maximum absolute atomic E-state index is 11.6. The third-order valence-corrected chi connectivity index (χ3v) is 2.36. The summed E-state index contributed by atoms with van der Waals surface area (Å²) in [6, 6.07) is 13.1. The number of rotatable bonds is 4. The molecule has 0 unspecified atom stereocenters. The number of nitrogens with zero attached hydrogens (tertiary/aromatic N) is 2. The van der Waals surface area contributed by atoms with Gasteiger partial charge in [-0.05, 0) is 23.8 Å². The van der Waals surface area contributed by atoms with Gasteiger partial charge < -0.3 is 0 Å². The van der Waals surface area contributed by atoms with E-state index in [1.807, 2.05) is 36.4 Å². The Bertz CT molecular complexity index is 577. The maximum Gasteiger partial charge on any atom is 0.271 e. The van der Waals surface area contributed by atoms with Crippen molar-refractivity contribution in [3.63, 3.8) is 0 Å². The molecule has 94 valence electrons. The Labute approximate surface area is 111 Å². The van der Waals surface area contributed by atoms with Crippen LogP contribution in [-0.2, 0) is 0 Å². The number of hydrogen-bond donors (Lipinski definition) is 1. The van der Waals surface area contributed by atoms with Crippen LogP contribution in [-0.4, -0.2) is 17.1 Å². The molecule has 0 saturated carbocycles. The van der Waals surface area contributed by atoms with Crippen LogP contribution in [0.3, 0.4) is 0 Å². The van der Waals surface area contributed by atoms with E-state index in [1.54, 1.807) is 30.6 Å². The van der Waals surface area contributed by atoms with Crippen LogP contribution < -0.4 is 5.43 Å². The van der Waals surface area contributed by atoms with Crippen molar-refractivity contribution in [1.82, 2.24) is 10.4 Å². The predicted molar refractivity (Wildman–Crippen MR) is 75.7 cm³/mol. The van der Waals surface area contributed by atoms with Crippen LogP contribution in [0.25, 0.3) is 6.08 Å². The minimum Gasteiger partial charge on any atom is -0.267 e. The SMILES string of the molecule is O=C(N/N=C/C=Cc1ccccc1)c1ccncc1. The zero-order valence-corrected chi connectivity index (χ0v) is 10.2. The Morgan fingerprint density at radius 1 is 1.11 bits per heavy atom. The van der Waals surface area contributed by atoms with E-state index in [2.05, 4.69) is 15.5 Å². The van der Waals surface area contributed by atoms with E-state index < -0.39 is 0 Å². The summed E-state index contributed by atoms with van der Waals surface area (Å²) in [6.07, 6.45) is 8.33. The molecule has 1 amide bonds. The summed E-state index contributed by atoms with van der Waals surface area (Å²) in [7, 11) is 0. The molecule has 1 N–H and O–H groups in total. The number of amides is 1. The molecule has 0 bridgehead atoms. The summed E-state index contributed by atoms with van der Waals surface area (Å²) >= 11 is 0. The Morgan fingerprint density at radius 2 is 1.84 bits per heavy atom. The van der Waals surface area contributed by atoms with Gasteiger partial charge in [0.2, 0.25) is 0 Å². The summed E-state index contributed by atoms with van der Waals surface area (Å²) < 4.78 is 0. The van der Waals surface area contributed by atoms with E-state index in [-0.39, 0.29) is 5.91 Å². The Hall–Kier alpha value is -2.75. The van der Waals surface area contributed by atoms with Gasteiger partial charge in [0.25, 0.3) is 5.91 Å². The smallest absolute Gasteiger partial charge is 0.267 e. The van der Waals surface area contributed by atoms with Crippen LogP contribution >= 0.6 is 0 Å². The molecule has 1 aromatic heterocycles. The average molecular weight is 251 g/mol. The maximum atomic E-state index is 11.6. The molecule has 2 rings (SSSR count). The molecular weight excluding hydrogens is 238 g/mol. The molecule has 0 aliphatic rings. The van der Waals surface area contributed by atoms with E-state index in [0.717, 1.165) is 5.56 Å². The highest BCUT2D eigenvalue weighted by atomic mass is 16.2. The van der Waals surface area contributed by atoms with E-state index in [1.165, 1.54) is 6.21 Å². The van der Waals surface area contributed by atoms with Crippen molar-refractivity contribution in [1.29, 1.82) is 0 Å². The molecule has 1 heterocycles. The molecule has 19 heavy (non-hydrogen) atoms. The van der Waals surface area contributed by atoms with Gasteiger partial charge in [-0.25, -0.2) is 5.43 Å². The highest BCUT2D eigenvalue weighted by molar-refractivity contribution is 5.94. The van der Waals surface area contributed by atoms with Crippen LogP contribution in [0.5, 0.6) is 0 Å². The summed E-state index contributed by atoms with van der Waals surface area (Å²) in [6.45, 7) is 0. The van der Waals surface area contributed by atoms with Crippen molar-refractivity contribution in [2.45, 2.75) is 0 Å². The monoisotopic (exact) mass is 251 g/mol. The van der Waals surface area contributed by atoms with Gasteiger partial charge >= 0.3 is 0 Å². The van der Waals surface area contributed by atoms with Gasteiger partial charge in [0, 0.05) is 24.2 Å². The number of hydrazone groups is 1. The van der Waals surface area contributed by atoms with Crippen molar-refractivity contribution in [3.8, 4) is 0 Å². The van der Waals surface area contributed by atoms with Crippen molar-refractivity contribution in [2.75, 3.05) is 0 Å². The topological polar surface area (TPSA) is 54.4 Å². The second-order valence-electron chi connectivity index (χ2n) is 3.72. The fraction of sp³-hybridized carbons (Fsp3) is 0. The lowest BCUT2D eigenvalue weighted by Crippen LogP contribution is -2.17. The molecule has 0 atom stereocenters. The first-order valence-electron chi connectivity index (χ1n) is 5.81. The fourth-order valence-electron chi connectivity index (χ4n) is 1.43. The third-order valence-electron chi connectivity index (χ3n) is 2.36. The number of nitrogens with one attached hydrogen (secondary N) is 1. The number of carbonyl (C=O) groups excluding carboxylic acids is 1. The standard InChI is InChI=1S/C15H13N3O/c19-15(14-8-11-16-12-9-14)18-17-10-4-7-13-5-2-1-3-6-13/h1-12H,(H,18,19)/b7-4?,17-10+. The van der Waals surface area contributed by atoms with Gasteiger partial charge in [-0.1, -0.05) is 36.4 Å². The number of aromatic nitrogens is 1. The van der Waals surface area contributed by atoms with Gasteiger partial charge in [0.1, 0.15) is 0 Å². The first-order chi connectivity index (χ1) is 9.36. The Balaban J connectivity index is 1.84. The number of pyridine rings is 1. The lowest BCUT2D eigenvalue weighted by Gasteiger charge is -1.97. The Morgan fingerprint density at radius 3 is 2.58 bits per heavy atom. The first kappa shape index (κ1) is 12.7. The van der Waals surface area contributed by atoms with E-state index in [4.69, 9.17) is 0 Å². The van der Waals surface area contributed by atoms with Gasteiger partial charge in [0.05, 0.1) is 0 Å². The van der Waals surface area contributed by atoms with Crippen molar-refractivity contribution in [3.05, 3.63) is 72.1 Å². The summed E-state index contributed by atoms with van der Waals surface area (Å²) in [5.41, 5.74) is 4.04. The van der Waals surface area contributed by atoms with Gasteiger partial charge in [-0.15, -0.1) is 0 Å². The quantitative estimate of drug-likeness (QED) is 0.670. The second kappa shape index (κ2) is 6.86. The third kappa shape index (κ3) is 4.20. The minimum absolute atomic E-state index is 0.258. The zero-order valence-electron chi connectivity index (χ0n) is 10.2. The molecule has 0 radical (unpaired) electrons. The lowest BCUT2D eigenvalue weighted by molar-refractivity contribution is 0.0955. The van der Waals surface area contributed by atoms with Gasteiger partial charge in [-0.3, -0.25) is 9.78 Å². The molecule has 0 saturated heterocycles. The number of carbonyl (C=O) groups is 1. The predicted octanol–water partition coefficient (Wildman–Crippen LogP) is 2.51. The molecule has 4 heteroatoms. The summed E-state index contributed by atoms with van der Waals surface area (Å²) in [5, 5.41) is 3.83. The summed E-state index contributed by atoms with van der Waals surface area (Å²) in [4.78, 5) is 15.4. The van der Waals surface area contributed by atoms with Crippen LogP contribution in [0, 0.1) is 0 Å². The number of allylic oxidation sites excluding steroid dienone is 1. The average Bonchev–Trinajstić information content (AvgIpc) is 2.49. The van der Waals surface area contributed by atoms with Crippen LogP contribution in [0.4, 0.5) is 0 Å². The molecule has 4 nitrogen and oxygen atoms in total. The largest absolute Gasteiger partial charge is 0.271 e. The van der Waals surface area contributed by atoms with Gasteiger partial charge in [0.15, 0.2) is 0 Å². The number of hydrogen-bond acceptors (Lipinski definition) is 3. The lowest BCUT2D eigenvalue weighted by atomic mass is 10.2. The zero-order chi connectivity index (χ0) is 13.3. The normalized spacial score (nSPS) is 10.9. The molecule has 0 spiro atoms. The fourth-order valence-corrected chi connectivity index (χ4v) is 1.43. The van der Waals surface area contributed by atoms with Crippen molar-refractivity contribution in [2.24, 2.45) is 5.10 Å². The van der Waals surface area contributed by atoms with Crippen LogP contribution in [0.1, 0.15) is 15.9 Å². The summed E-state index contributed by atoms with van der Waals surface area (Å²) in [5.74, 6) is -0.258. The molecule has 0 fully saturated rings. The highest BCUT2D eigenvalue weighted by Gasteiger charge is 2.01.